The van der Waals surface area contributed by atoms with Crippen LogP contribution >= 0.6 is 12.4 Å². The Balaban J connectivity index is 0.00000256. The lowest BCUT2D eigenvalue weighted by Crippen LogP contribution is -2.49. The smallest absolute Gasteiger partial charge is 0.213 e. The first kappa shape index (κ1) is 22.3. The number of pyridine rings is 1. The highest BCUT2D eigenvalue weighted by atomic mass is 35.5. The number of methoxy groups -OCH3 is 1. The van der Waals surface area contributed by atoms with Crippen LogP contribution in [0.2, 0.25) is 0 Å². The Morgan fingerprint density at radius 3 is 2.30 bits per heavy atom. The second-order valence-electron chi connectivity index (χ2n) is 7.07. The minimum Gasteiger partial charge on any atom is -0.497 e. The minimum absolute atomic E-state index is 0. The lowest BCUT2D eigenvalue weighted by Gasteiger charge is -2.35. The molecule has 30 heavy (non-hydrogen) atoms. The van der Waals surface area contributed by atoms with Crippen molar-refractivity contribution >= 4 is 39.0 Å². The number of rotatable bonds is 5. The molecule has 160 valence electrons. The molecule has 0 atom stereocenters. The zero-order valence-corrected chi connectivity index (χ0v) is 18.7. The summed E-state index contributed by atoms with van der Waals surface area (Å²) in [5.74, 6) is 1.85. The van der Waals surface area contributed by atoms with Crippen molar-refractivity contribution in [3.05, 3.63) is 54.6 Å². The zero-order chi connectivity index (χ0) is 20.4. The topological polar surface area (TPSA) is 62.7 Å². The van der Waals surface area contributed by atoms with Crippen molar-refractivity contribution in [2.75, 3.05) is 43.9 Å². The maximum atomic E-state index is 12.2. The highest BCUT2D eigenvalue weighted by molar-refractivity contribution is 7.89. The van der Waals surface area contributed by atoms with Crippen LogP contribution in [0.3, 0.4) is 0 Å². The van der Waals surface area contributed by atoms with Gasteiger partial charge in [0.05, 0.1) is 18.6 Å². The van der Waals surface area contributed by atoms with Crippen LogP contribution in [0.15, 0.2) is 54.6 Å². The quantitative estimate of drug-likeness (QED) is 0.595. The van der Waals surface area contributed by atoms with Gasteiger partial charge in [-0.1, -0.05) is 24.3 Å². The Morgan fingerprint density at radius 1 is 1.00 bits per heavy atom. The molecule has 1 saturated heterocycles. The van der Waals surface area contributed by atoms with E-state index in [4.69, 9.17) is 9.72 Å². The summed E-state index contributed by atoms with van der Waals surface area (Å²) in [4.78, 5) is 7.17. The Hall–Kier alpha value is -2.35. The summed E-state index contributed by atoms with van der Waals surface area (Å²) < 4.78 is 31.2. The molecule has 2 aromatic carbocycles. The number of aromatic nitrogens is 1. The van der Waals surface area contributed by atoms with E-state index in [0.29, 0.717) is 26.2 Å². The molecule has 1 aromatic heterocycles. The largest absolute Gasteiger partial charge is 0.497 e. The fourth-order valence-electron chi connectivity index (χ4n) is 3.69. The number of hydrogen-bond donors (Lipinski definition) is 0. The number of halogens is 1. The molecule has 0 unspecified atom stereocenters. The highest BCUT2D eigenvalue weighted by Gasteiger charge is 2.27. The molecule has 6 nitrogen and oxygen atoms in total. The van der Waals surface area contributed by atoms with Crippen LogP contribution in [-0.4, -0.2) is 56.7 Å². The predicted octanol–water partition coefficient (Wildman–Crippen LogP) is 3.80. The monoisotopic (exact) mass is 447 g/mol. The lowest BCUT2D eigenvalue weighted by atomic mass is 10.1. The van der Waals surface area contributed by atoms with E-state index in [2.05, 4.69) is 23.1 Å². The Morgan fingerprint density at radius 2 is 1.67 bits per heavy atom. The number of fused-ring (bicyclic) bond motifs is 1. The zero-order valence-electron chi connectivity index (χ0n) is 17.1. The molecule has 2 heterocycles. The van der Waals surface area contributed by atoms with E-state index in [1.54, 1.807) is 18.3 Å². The normalized spacial score (nSPS) is 15.1. The van der Waals surface area contributed by atoms with E-state index in [1.165, 1.54) is 0 Å². The summed E-state index contributed by atoms with van der Waals surface area (Å²) in [6.07, 6.45) is 0. The van der Waals surface area contributed by atoms with Crippen molar-refractivity contribution in [1.29, 1.82) is 0 Å². The van der Waals surface area contributed by atoms with E-state index in [0.717, 1.165) is 33.6 Å². The molecular weight excluding hydrogens is 422 g/mol. The summed E-state index contributed by atoms with van der Waals surface area (Å²) in [6.45, 7) is 3.91. The summed E-state index contributed by atoms with van der Waals surface area (Å²) >= 11 is 0. The molecular formula is C22H26ClN3O3S. The van der Waals surface area contributed by atoms with Gasteiger partial charge in [0.2, 0.25) is 10.0 Å². The molecule has 1 aliphatic rings. The number of ether oxygens (including phenoxy) is 1. The lowest BCUT2D eigenvalue weighted by molar-refractivity contribution is 0.385. The van der Waals surface area contributed by atoms with Crippen LogP contribution in [0.5, 0.6) is 5.75 Å². The van der Waals surface area contributed by atoms with Crippen LogP contribution < -0.4 is 9.64 Å². The van der Waals surface area contributed by atoms with Crippen molar-refractivity contribution in [2.24, 2.45) is 0 Å². The van der Waals surface area contributed by atoms with Gasteiger partial charge in [-0.25, -0.2) is 13.4 Å². The van der Waals surface area contributed by atoms with Gasteiger partial charge in [-0.05, 0) is 42.6 Å². The highest BCUT2D eigenvalue weighted by Crippen LogP contribution is 2.31. The molecule has 1 aliphatic heterocycles. The number of piperazine rings is 1. The van der Waals surface area contributed by atoms with Gasteiger partial charge in [0.15, 0.2) is 0 Å². The van der Waals surface area contributed by atoms with Crippen LogP contribution in [0.1, 0.15) is 6.92 Å². The third kappa shape index (κ3) is 4.38. The summed E-state index contributed by atoms with van der Waals surface area (Å²) in [6, 6.07) is 18.2. The number of sulfonamides is 1. The average Bonchev–Trinajstić information content (AvgIpc) is 2.78. The van der Waals surface area contributed by atoms with Crippen molar-refractivity contribution < 1.29 is 13.2 Å². The number of nitrogens with zero attached hydrogens (tertiary/aromatic N) is 3. The average molecular weight is 448 g/mol. The van der Waals surface area contributed by atoms with Crippen LogP contribution in [0, 0.1) is 0 Å². The van der Waals surface area contributed by atoms with Gasteiger partial charge in [-0.2, -0.15) is 4.31 Å². The second-order valence-corrected chi connectivity index (χ2v) is 9.32. The Labute approximate surface area is 183 Å². The standard InChI is InChI=1S/C22H25N3O3S.ClH/c1-3-29(26,27)25-14-12-24(13-15-25)22-20-7-5-4-6-18(20)16-21(23-22)17-8-10-19(28-2)11-9-17;/h4-11,16H,3,12-15H2,1-2H3;1H. The van der Waals surface area contributed by atoms with Crippen molar-refractivity contribution in [2.45, 2.75) is 6.92 Å². The molecule has 0 saturated carbocycles. The second kappa shape index (κ2) is 9.20. The van der Waals surface area contributed by atoms with Crippen LogP contribution in [0.4, 0.5) is 5.82 Å². The van der Waals surface area contributed by atoms with Crippen molar-refractivity contribution in [1.82, 2.24) is 9.29 Å². The number of hydrogen-bond acceptors (Lipinski definition) is 5. The molecule has 4 rings (SSSR count). The molecule has 1 fully saturated rings. The van der Waals surface area contributed by atoms with E-state index >= 15 is 0 Å². The molecule has 0 spiro atoms. The fraction of sp³-hybridized carbons (Fsp3) is 0.318. The van der Waals surface area contributed by atoms with Crippen molar-refractivity contribution in [3.63, 3.8) is 0 Å². The van der Waals surface area contributed by atoms with E-state index in [9.17, 15) is 8.42 Å². The van der Waals surface area contributed by atoms with Crippen molar-refractivity contribution in [3.8, 4) is 17.0 Å². The maximum absolute atomic E-state index is 12.2. The van der Waals surface area contributed by atoms with Gasteiger partial charge in [-0.3, -0.25) is 0 Å². The first-order valence-corrected chi connectivity index (χ1v) is 11.4. The van der Waals surface area contributed by atoms with Gasteiger partial charge < -0.3 is 9.64 Å². The first-order chi connectivity index (χ1) is 14.0. The molecule has 8 heteroatoms. The SMILES string of the molecule is CCS(=O)(=O)N1CCN(c2nc(-c3ccc(OC)cc3)cc3ccccc23)CC1.Cl. The molecule has 0 radical (unpaired) electrons. The maximum Gasteiger partial charge on any atom is 0.213 e. The minimum atomic E-state index is -3.15. The van der Waals surface area contributed by atoms with Gasteiger partial charge in [0.1, 0.15) is 11.6 Å². The summed E-state index contributed by atoms with van der Waals surface area (Å²) in [5.41, 5.74) is 1.91. The van der Waals surface area contributed by atoms with E-state index < -0.39 is 10.0 Å². The number of benzene rings is 2. The predicted molar refractivity (Wildman–Crippen MR) is 124 cm³/mol. The molecule has 0 amide bonds. The van der Waals surface area contributed by atoms with Crippen LogP contribution in [-0.2, 0) is 10.0 Å². The van der Waals surface area contributed by atoms with E-state index in [-0.39, 0.29) is 18.2 Å². The Kier molecular flexibility index (Phi) is 6.85. The first-order valence-electron chi connectivity index (χ1n) is 9.79. The Bertz CT molecular complexity index is 1110. The summed E-state index contributed by atoms with van der Waals surface area (Å²) in [5, 5.41) is 2.20. The van der Waals surface area contributed by atoms with Gasteiger partial charge in [0, 0.05) is 37.1 Å². The van der Waals surface area contributed by atoms with Crippen LogP contribution in [0.25, 0.3) is 22.0 Å². The molecule has 0 bridgehead atoms. The summed E-state index contributed by atoms with van der Waals surface area (Å²) in [7, 11) is -1.50. The van der Waals surface area contributed by atoms with E-state index in [1.807, 2.05) is 36.4 Å². The molecule has 0 aliphatic carbocycles. The number of anilines is 1. The molecule has 3 aromatic rings. The molecule has 0 N–H and O–H groups in total. The fourth-order valence-corrected chi connectivity index (χ4v) is 4.78. The van der Waals surface area contributed by atoms with Gasteiger partial charge in [-0.15, -0.1) is 12.4 Å². The van der Waals surface area contributed by atoms with Gasteiger partial charge >= 0.3 is 0 Å². The third-order valence-electron chi connectivity index (χ3n) is 5.40. The van der Waals surface area contributed by atoms with Gasteiger partial charge in [0.25, 0.3) is 0 Å². The third-order valence-corrected chi connectivity index (χ3v) is 7.28.